The molecule has 0 unspecified atom stereocenters. The third-order valence-corrected chi connectivity index (χ3v) is 1.84. The van der Waals surface area contributed by atoms with Crippen molar-refractivity contribution in [3.8, 4) is 0 Å². The van der Waals surface area contributed by atoms with Gasteiger partial charge in [-0.25, -0.2) is 0 Å². The van der Waals surface area contributed by atoms with Gasteiger partial charge in [0.25, 0.3) is 5.91 Å². The molecule has 78 valence electrons. The van der Waals surface area contributed by atoms with Crippen LogP contribution in [0.3, 0.4) is 0 Å². The number of carbonyl (C=O) groups is 1. The van der Waals surface area contributed by atoms with Crippen LogP contribution in [-0.4, -0.2) is 41.2 Å². The van der Waals surface area contributed by atoms with Crippen LogP contribution in [0.4, 0.5) is 0 Å². The second-order valence-electron chi connectivity index (χ2n) is 2.54. The monoisotopic (exact) mass is 261 g/mol. The van der Waals surface area contributed by atoms with Crippen molar-refractivity contribution in [2.45, 2.75) is 0 Å². The number of alkyl halides is 1. The summed E-state index contributed by atoms with van der Waals surface area (Å²) in [6, 6.07) is 0. The molecule has 0 saturated heterocycles. The minimum absolute atomic E-state index is 0.138. The first-order valence-corrected chi connectivity index (χ1v) is 5.37. The lowest BCUT2D eigenvalue weighted by Crippen LogP contribution is -2.27. The molecule has 6 heteroatoms. The first-order valence-electron chi connectivity index (χ1n) is 4.25. The Hall–Kier alpha value is -0.880. The average molecular weight is 262 g/mol. The Morgan fingerprint density at radius 2 is 2.50 bits per heavy atom. The van der Waals surface area contributed by atoms with Crippen LogP contribution in [0.25, 0.3) is 0 Å². The van der Waals surface area contributed by atoms with Crippen molar-refractivity contribution in [3.05, 3.63) is 18.0 Å². The fourth-order valence-corrected chi connectivity index (χ4v) is 1.10. The molecule has 14 heavy (non-hydrogen) atoms. The summed E-state index contributed by atoms with van der Waals surface area (Å²) in [5.74, 6) is -0.138. The molecule has 0 spiro atoms. The van der Waals surface area contributed by atoms with Gasteiger partial charge in [-0.1, -0.05) is 15.9 Å². The van der Waals surface area contributed by atoms with Gasteiger partial charge >= 0.3 is 0 Å². The molecule has 1 aromatic heterocycles. The maximum atomic E-state index is 11.3. The van der Waals surface area contributed by atoms with Crippen LogP contribution >= 0.6 is 15.9 Å². The highest BCUT2D eigenvalue weighted by atomic mass is 79.9. The summed E-state index contributed by atoms with van der Waals surface area (Å²) in [4.78, 5) is 11.3. The highest BCUT2D eigenvalue weighted by molar-refractivity contribution is 9.09. The highest BCUT2D eigenvalue weighted by Gasteiger charge is 2.04. The molecule has 0 aliphatic heterocycles. The number of amides is 1. The molecule has 1 rings (SSSR count). The minimum atomic E-state index is -0.138. The largest absolute Gasteiger partial charge is 0.379 e. The lowest BCUT2D eigenvalue weighted by atomic mass is 10.3. The van der Waals surface area contributed by atoms with Gasteiger partial charge in [-0.15, -0.1) is 0 Å². The number of rotatable bonds is 6. The minimum Gasteiger partial charge on any atom is -0.379 e. The van der Waals surface area contributed by atoms with Crippen molar-refractivity contribution in [2.24, 2.45) is 0 Å². The van der Waals surface area contributed by atoms with E-state index >= 15 is 0 Å². The van der Waals surface area contributed by atoms with Crippen molar-refractivity contribution in [1.29, 1.82) is 0 Å². The molecule has 0 fully saturated rings. The number of aromatic amines is 1. The number of hydrogen-bond acceptors (Lipinski definition) is 3. The van der Waals surface area contributed by atoms with E-state index in [9.17, 15) is 4.79 Å². The molecule has 5 nitrogen and oxygen atoms in total. The van der Waals surface area contributed by atoms with E-state index in [-0.39, 0.29) is 5.91 Å². The summed E-state index contributed by atoms with van der Waals surface area (Å²) in [5.41, 5.74) is 0.533. The van der Waals surface area contributed by atoms with E-state index in [1.54, 1.807) is 6.20 Å². The van der Waals surface area contributed by atoms with Crippen molar-refractivity contribution in [3.63, 3.8) is 0 Å². The first-order chi connectivity index (χ1) is 6.84. The number of halogens is 1. The topological polar surface area (TPSA) is 67.0 Å². The lowest BCUT2D eigenvalue weighted by Gasteiger charge is -2.03. The molecular weight excluding hydrogens is 250 g/mol. The zero-order valence-corrected chi connectivity index (χ0v) is 9.21. The van der Waals surface area contributed by atoms with Gasteiger partial charge in [-0.05, 0) is 0 Å². The van der Waals surface area contributed by atoms with Gasteiger partial charge in [0.1, 0.15) is 0 Å². The Kier molecular flexibility index (Phi) is 5.24. The van der Waals surface area contributed by atoms with E-state index in [1.165, 1.54) is 6.20 Å². The highest BCUT2D eigenvalue weighted by Crippen LogP contribution is 1.92. The maximum Gasteiger partial charge on any atom is 0.254 e. The van der Waals surface area contributed by atoms with E-state index < -0.39 is 0 Å². The molecule has 0 bridgehead atoms. The molecule has 0 aliphatic rings. The zero-order valence-electron chi connectivity index (χ0n) is 7.62. The van der Waals surface area contributed by atoms with Gasteiger partial charge in [0.2, 0.25) is 0 Å². The van der Waals surface area contributed by atoms with Crippen molar-refractivity contribution in [1.82, 2.24) is 15.5 Å². The van der Waals surface area contributed by atoms with Crippen LogP contribution < -0.4 is 5.32 Å². The number of ether oxygens (including phenoxy) is 1. The Morgan fingerprint density at radius 1 is 1.64 bits per heavy atom. The van der Waals surface area contributed by atoms with Crippen LogP contribution in [0.2, 0.25) is 0 Å². The number of nitrogens with zero attached hydrogens (tertiary/aromatic N) is 1. The average Bonchev–Trinajstić information content (AvgIpc) is 2.70. The summed E-state index contributed by atoms with van der Waals surface area (Å²) < 4.78 is 5.17. The summed E-state index contributed by atoms with van der Waals surface area (Å²) in [6.45, 7) is 1.69. The molecule has 1 aromatic rings. The molecule has 0 aliphatic carbocycles. The molecule has 0 atom stereocenters. The standard InChI is InChI=1S/C8H12BrN3O2/c9-1-3-14-4-2-10-8(13)7-5-11-12-6-7/h5-6H,1-4H2,(H,10,13)(H,11,12). The molecular formula is C8H12BrN3O2. The van der Waals surface area contributed by atoms with Gasteiger partial charge < -0.3 is 10.1 Å². The third kappa shape index (κ3) is 3.89. The fraction of sp³-hybridized carbons (Fsp3) is 0.500. The molecule has 1 amide bonds. The Balaban J connectivity index is 2.10. The normalized spacial score (nSPS) is 10.1. The molecule has 0 radical (unpaired) electrons. The third-order valence-electron chi connectivity index (χ3n) is 1.51. The van der Waals surface area contributed by atoms with Gasteiger partial charge in [-0.3, -0.25) is 9.89 Å². The van der Waals surface area contributed by atoms with Crippen LogP contribution in [0.15, 0.2) is 12.4 Å². The van der Waals surface area contributed by atoms with Gasteiger partial charge in [-0.2, -0.15) is 5.10 Å². The smallest absolute Gasteiger partial charge is 0.254 e. The lowest BCUT2D eigenvalue weighted by molar-refractivity contribution is 0.0924. The fourth-order valence-electron chi connectivity index (χ4n) is 0.870. The van der Waals surface area contributed by atoms with Gasteiger partial charge in [0.15, 0.2) is 0 Å². The van der Waals surface area contributed by atoms with E-state index in [0.717, 1.165) is 5.33 Å². The predicted molar refractivity (Wildman–Crippen MR) is 55.5 cm³/mol. The predicted octanol–water partition coefficient (Wildman–Crippen LogP) is 0.551. The maximum absolute atomic E-state index is 11.3. The van der Waals surface area contributed by atoms with Crippen LogP contribution in [0.5, 0.6) is 0 Å². The number of hydrogen-bond donors (Lipinski definition) is 2. The van der Waals surface area contributed by atoms with Crippen LogP contribution in [0, 0.1) is 0 Å². The Morgan fingerprint density at radius 3 is 3.14 bits per heavy atom. The molecule has 0 aromatic carbocycles. The van der Waals surface area contributed by atoms with Crippen LogP contribution in [-0.2, 0) is 4.74 Å². The van der Waals surface area contributed by atoms with Gasteiger partial charge in [0, 0.05) is 18.1 Å². The summed E-state index contributed by atoms with van der Waals surface area (Å²) in [6.07, 6.45) is 3.03. The quantitative estimate of drug-likeness (QED) is 0.581. The van der Waals surface area contributed by atoms with Gasteiger partial charge in [0.05, 0.1) is 25.0 Å². The van der Waals surface area contributed by atoms with E-state index in [2.05, 4.69) is 31.4 Å². The molecule has 0 saturated carbocycles. The van der Waals surface area contributed by atoms with Crippen molar-refractivity contribution in [2.75, 3.05) is 25.1 Å². The Bertz CT molecular complexity index is 264. The Labute approximate surface area is 90.3 Å². The summed E-state index contributed by atoms with van der Waals surface area (Å²) in [5, 5.41) is 9.76. The SMILES string of the molecule is O=C(NCCOCCBr)c1cn[nH]c1. The first kappa shape index (κ1) is 11.2. The van der Waals surface area contributed by atoms with E-state index in [0.29, 0.717) is 25.3 Å². The van der Waals surface area contributed by atoms with Crippen molar-refractivity contribution < 1.29 is 9.53 Å². The summed E-state index contributed by atoms with van der Waals surface area (Å²) >= 11 is 3.24. The number of aromatic nitrogens is 2. The number of carbonyl (C=O) groups excluding carboxylic acids is 1. The second-order valence-corrected chi connectivity index (χ2v) is 3.34. The van der Waals surface area contributed by atoms with Crippen LogP contribution in [0.1, 0.15) is 10.4 Å². The molecule has 2 N–H and O–H groups in total. The summed E-state index contributed by atoms with van der Waals surface area (Å²) in [7, 11) is 0. The molecule has 1 heterocycles. The number of H-pyrrole nitrogens is 1. The van der Waals surface area contributed by atoms with E-state index in [1.807, 2.05) is 0 Å². The zero-order chi connectivity index (χ0) is 10.2. The number of nitrogens with one attached hydrogen (secondary N) is 2. The van der Waals surface area contributed by atoms with Crippen molar-refractivity contribution >= 4 is 21.8 Å². The second kappa shape index (κ2) is 6.56. The van der Waals surface area contributed by atoms with E-state index in [4.69, 9.17) is 4.74 Å².